The van der Waals surface area contributed by atoms with Gasteiger partial charge in [0.25, 0.3) is 0 Å². The van der Waals surface area contributed by atoms with Gasteiger partial charge in [-0.25, -0.2) is 4.98 Å². The zero-order valence-corrected chi connectivity index (χ0v) is 12.0. The van der Waals surface area contributed by atoms with Crippen molar-refractivity contribution in [3.63, 3.8) is 0 Å². The van der Waals surface area contributed by atoms with Gasteiger partial charge in [-0.3, -0.25) is 0 Å². The van der Waals surface area contributed by atoms with Gasteiger partial charge >= 0.3 is 0 Å². The van der Waals surface area contributed by atoms with Gasteiger partial charge in [-0.2, -0.15) is 11.8 Å². The quantitative estimate of drug-likeness (QED) is 0.913. The van der Waals surface area contributed by atoms with E-state index < -0.39 is 0 Å². The largest absolute Gasteiger partial charge is 0.352 e. The molecule has 4 heteroatoms. The number of nitrogens with two attached hydrogens (primary N) is 1. The molecule has 0 saturated carbocycles. The third-order valence-electron chi connectivity index (χ3n) is 3.67. The Labute approximate surface area is 118 Å². The molecule has 0 amide bonds. The van der Waals surface area contributed by atoms with E-state index >= 15 is 0 Å². The van der Waals surface area contributed by atoms with Gasteiger partial charge in [0.05, 0.1) is 5.52 Å². The Morgan fingerprint density at radius 3 is 3.05 bits per heavy atom. The van der Waals surface area contributed by atoms with Crippen molar-refractivity contribution in [2.24, 2.45) is 5.73 Å². The summed E-state index contributed by atoms with van der Waals surface area (Å²) in [7, 11) is 0. The molecule has 1 aromatic carbocycles. The normalized spacial score (nSPS) is 19.9. The van der Waals surface area contributed by atoms with Gasteiger partial charge in [-0.05, 0) is 24.6 Å². The lowest BCUT2D eigenvalue weighted by Gasteiger charge is -2.34. The third kappa shape index (κ3) is 2.42. The number of thioether (sulfide) groups is 1. The summed E-state index contributed by atoms with van der Waals surface area (Å²) in [5, 5.41) is 1.17. The van der Waals surface area contributed by atoms with Crippen LogP contribution in [0.15, 0.2) is 30.3 Å². The monoisotopic (exact) mass is 273 g/mol. The second kappa shape index (κ2) is 5.39. The van der Waals surface area contributed by atoms with Crippen LogP contribution in [-0.2, 0) is 6.54 Å². The van der Waals surface area contributed by atoms with Crippen LogP contribution < -0.4 is 10.6 Å². The highest BCUT2D eigenvalue weighted by molar-refractivity contribution is 7.99. The molecule has 3 rings (SSSR count). The molecule has 1 aromatic heterocycles. The molecule has 2 heterocycles. The smallest absolute Gasteiger partial charge is 0.129 e. The lowest BCUT2D eigenvalue weighted by Crippen LogP contribution is -2.41. The SMILES string of the molecule is CC1CSCCN1c1cc(CN)c2ccccc2n1. The highest BCUT2D eigenvalue weighted by Gasteiger charge is 2.20. The van der Waals surface area contributed by atoms with Gasteiger partial charge in [0, 0.05) is 36.0 Å². The Balaban J connectivity index is 2.08. The van der Waals surface area contributed by atoms with Gasteiger partial charge in [-0.15, -0.1) is 0 Å². The van der Waals surface area contributed by atoms with Gasteiger partial charge < -0.3 is 10.6 Å². The standard InChI is InChI=1S/C15H19N3S/c1-11-10-19-7-6-18(11)15-8-12(9-16)13-4-2-3-5-14(13)17-15/h2-5,8,11H,6-7,9-10,16H2,1H3. The Morgan fingerprint density at radius 1 is 1.42 bits per heavy atom. The minimum atomic E-state index is 0.540. The molecule has 100 valence electrons. The van der Waals surface area contributed by atoms with Crippen LogP contribution in [0, 0.1) is 0 Å². The molecule has 1 atom stereocenters. The first-order valence-electron chi connectivity index (χ1n) is 6.72. The van der Waals surface area contributed by atoms with E-state index in [4.69, 9.17) is 10.7 Å². The van der Waals surface area contributed by atoms with Crippen molar-refractivity contribution in [2.45, 2.75) is 19.5 Å². The number of benzene rings is 1. The van der Waals surface area contributed by atoms with Crippen molar-refractivity contribution in [1.82, 2.24) is 4.98 Å². The Hall–Kier alpha value is -1.26. The number of hydrogen-bond acceptors (Lipinski definition) is 4. The number of rotatable bonds is 2. The van der Waals surface area contributed by atoms with Crippen LogP contribution in [0.4, 0.5) is 5.82 Å². The molecule has 0 bridgehead atoms. The summed E-state index contributed by atoms with van der Waals surface area (Å²) in [6.45, 7) is 3.90. The Morgan fingerprint density at radius 2 is 2.26 bits per heavy atom. The maximum atomic E-state index is 5.90. The third-order valence-corrected chi connectivity index (χ3v) is 4.86. The predicted molar refractivity (Wildman–Crippen MR) is 83.8 cm³/mol. The first-order chi connectivity index (χ1) is 9.29. The molecule has 1 aliphatic heterocycles. The number of anilines is 1. The summed E-state index contributed by atoms with van der Waals surface area (Å²) < 4.78 is 0. The van der Waals surface area contributed by atoms with E-state index in [1.807, 2.05) is 23.9 Å². The molecule has 2 N–H and O–H groups in total. The summed E-state index contributed by atoms with van der Waals surface area (Å²) in [4.78, 5) is 7.22. The average Bonchev–Trinajstić information content (AvgIpc) is 2.46. The van der Waals surface area contributed by atoms with Crippen molar-refractivity contribution in [1.29, 1.82) is 0 Å². The van der Waals surface area contributed by atoms with Crippen LogP contribution in [0.5, 0.6) is 0 Å². The van der Waals surface area contributed by atoms with Crippen molar-refractivity contribution in [3.8, 4) is 0 Å². The molecule has 1 saturated heterocycles. The van der Waals surface area contributed by atoms with Gasteiger partial charge in [0.1, 0.15) is 5.82 Å². The maximum Gasteiger partial charge on any atom is 0.129 e. The Bertz CT molecular complexity index is 585. The van der Waals surface area contributed by atoms with Crippen LogP contribution in [0.1, 0.15) is 12.5 Å². The number of para-hydroxylation sites is 1. The highest BCUT2D eigenvalue weighted by Crippen LogP contribution is 2.27. The molecule has 19 heavy (non-hydrogen) atoms. The van der Waals surface area contributed by atoms with Gasteiger partial charge in [0.15, 0.2) is 0 Å². The number of hydrogen-bond donors (Lipinski definition) is 1. The van der Waals surface area contributed by atoms with Crippen LogP contribution in [0.3, 0.4) is 0 Å². The summed E-state index contributed by atoms with van der Waals surface area (Å²) in [5.41, 5.74) is 8.13. The number of aromatic nitrogens is 1. The number of nitrogens with zero attached hydrogens (tertiary/aromatic N) is 2. The van der Waals surface area contributed by atoms with Crippen molar-refractivity contribution < 1.29 is 0 Å². The first-order valence-corrected chi connectivity index (χ1v) is 7.88. The molecular weight excluding hydrogens is 254 g/mol. The van der Waals surface area contributed by atoms with E-state index in [9.17, 15) is 0 Å². The minimum absolute atomic E-state index is 0.540. The van der Waals surface area contributed by atoms with Crippen molar-refractivity contribution in [3.05, 3.63) is 35.9 Å². The molecule has 3 nitrogen and oxygen atoms in total. The topological polar surface area (TPSA) is 42.1 Å². The fraction of sp³-hybridized carbons (Fsp3) is 0.400. The fourth-order valence-electron chi connectivity index (χ4n) is 2.62. The lowest BCUT2D eigenvalue weighted by atomic mass is 10.1. The summed E-state index contributed by atoms with van der Waals surface area (Å²) in [6.07, 6.45) is 0. The summed E-state index contributed by atoms with van der Waals surface area (Å²) >= 11 is 2.02. The minimum Gasteiger partial charge on any atom is -0.352 e. The average molecular weight is 273 g/mol. The van der Waals surface area contributed by atoms with Crippen LogP contribution >= 0.6 is 11.8 Å². The van der Waals surface area contributed by atoms with E-state index in [1.54, 1.807) is 0 Å². The van der Waals surface area contributed by atoms with Crippen molar-refractivity contribution in [2.75, 3.05) is 23.0 Å². The van der Waals surface area contributed by atoms with Gasteiger partial charge in [0.2, 0.25) is 0 Å². The Kier molecular flexibility index (Phi) is 3.62. The molecule has 2 aromatic rings. The van der Waals surface area contributed by atoms with Crippen LogP contribution in [0.25, 0.3) is 10.9 Å². The zero-order chi connectivity index (χ0) is 13.2. The number of fused-ring (bicyclic) bond motifs is 1. The van der Waals surface area contributed by atoms with E-state index in [0.717, 1.165) is 17.9 Å². The van der Waals surface area contributed by atoms with E-state index in [2.05, 4.69) is 30.0 Å². The van der Waals surface area contributed by atoms with E-state index in [0.29, 0.717) is 12.6 Å². The first kappa shape index (κ1) is 12.8. The van der Waals surface area contributed by atoms with E-state index in [1.165, 1.54) is 22.5 Å². The highest BCUT2D eigenvalue weighted by atomic mass is 32.2. The molecule has 1 aliphatic rings. The summed E-state index contributed by atoms with van der Waals surface area (Å²) in [5.74, 6) is 3.43. The molecule has 0 spiro atoms. The zero-order valence-electron chi connectivity index (χ0n) is 11.2. The fourth-order valence-corrected chi connectivity index (χ4v) is 3.63. The number of pyridine rings is 1. The summed E-state index contributed by atoms with van der Waals surface area (Å²) in [6, 6.07) is 11.0. The second-order valence-corrected chi connectivity index (χ2v) is 6.13. The van der Waals surface area contributed by atoms with Crippen molar-refractivity contribution >= 4 is 28.5 Å². The molecule has 0 aliphatic carbocycles. The maximum absolute atomic E-state index is 5.90. The predicted octanol–water partition coefficient (Wildman–Crippen LogP) is 2.64. The van der Waals surface area contributed by atoms with E-state index in [-0.39, 0.29) is 0 Å². The molecule has 1 fully saturated rings. The molecule has 0 radical (unpaired) electrons. The van der Waals surface area contributed by atoms with Crippen LogP contribution in [-0.4, -0.2) is 29.1 Å². The molecular formula is C15H19N3S. The van der Waals surface area contributed by atoms with Gasteiger partial charge in [-0.1, -0.05) is 18.2 Å². The second-order valence-electron chi connectivity index (χ2n) is 4.98. The lowest BCUT2D eigenvalue weighted by molar-refractivity contribution is 0.690. The van der Waals surface area contributed by atoms with Crippen LogP contribution in [0.2, 0.25) is 0 Å². The molecule has 1 unspecified atom stereocenters.